The number of hydrogen-bond donors (Lipinski definition) is 1. The van der Waals surface area contributed by atoms with Crippen molar-refractivity contribution in [1.82, 2.24) is 19.2 Å². The number of aliphatic carboxylic acids is 1. The average molecular weight is 502 g/mol. The molecular weight excluding hydrogens is 474 g/mol. The second kappa shape index (κ2) is 10.2. The van der Waals surface area contributed by atoms with Gasteiger partial charge in [0, 0.05) is 45.3 Å². The number of aryl methyl sites for hydroxylation is 1. The molecule has 2 saturated heterocycles. The number of hydrogen-bond acceptors (Lipinski definition) is 8. The van der Waals surface area contributed by atoms with E-state index in [2.05, 4.69) is 16.7 Å². The Labute approximate surface area is 207 Å². The summed E-state index contributed by atoms with van der Waals surface area (Å²) in [5.41, 5.74) is 1.61. The molecule has 0 aromatic carbocycles. The third-order valence-corrected chi connectivity index (χ3v) is 7.40. The molecule has 9 nitrogen and oxygen atoms in total. The van der Waals surface area contributed by atoms with E-state index in [1.165, 1.54) is 9.30 Å². The lowest BCUT2D eigenvalue weighted by atomic mass is 10.2. The maximum absolute atomic E-state index is 13.6. The third-order valence-electron chi connectivity index (χ3n) is 6.03. The van der Waals surface area contributed by atoms with E-state index in [4.69, 9.17) is 22.3 Å². The Hall–Kier alpha value is -2.76. The second-order valence-corrected chi connectivity index (χ2v) is 10.0. The Kier molecular flexibility index (Phi) is 7.34. The molecule has 2 aliphatic rings. The highest BCUT2D eigenvalue weighted by Crippen LogP contribution is 2.33. The van der Waals surface area contributed by atoms with Crippen molar-refractivity contribution in [3.05, 3.63) is 44.7 Å². The normalized spacial score (nSPS) is 18.5. The van der Waals surface area contributed by atoms with E-state index < -0.39 is 5.97 Å². The molecule has 0 atom stereocenters. The molecular formula is C23H27N5O4S2. The number of carboxylic acids is 1. The van der Waals surface area contributed by atoms with Crippen LogP contribution in [0.5, 0.6) is 0 Å². The summed E-state index contributed by atoms with van der Waals surface area (Å²) < 4.78 is 1.88. The molecule has 11 heteroatoms. The molecule has 0 bridgehead atoms. The summed E-state index contributed by atoms with van der Waals surface area (Å²) in [5, 5.41) is 8.88. The minimum atomic E-state index is -0.917. The maximum atomic E-state index is 13.6. The number of fused-ring (bicyclic) bond motifs is 1. The minimum absolute atomic E-state index is 0.0424. The van der Waals surface area contributed by atoms with Crippen molar-refractivity contribution in [2.24, 2.45) is 0 Å². The van der Waals surface area contributed by atoms with Crippen LogP contribution in [0.3, 0.4) is 0 Å². The molecule has 4 rings (SSSR count). The van der Waals surface area contributed by atoms with Crippen molar-refractivity contribution in [3.63, 3.8) is 0 Å². The van der Waals surface area contributed by atoms with Crippen LogP contribution in [0.1, 0.15) is 30.9 Å². The number of carbonyl (C=O) groups is 2. The van der Waals surface area contributed by atoms with E-state index in [-0.39, 0.29) is 24.4 Å². The summed E-state index contributed by atoms with van der Waals surface area (Å²) in [6, 6.07) is 3.75. The van der Waals surface area contributed by atoms with Crippen LogP contribution in [0.4, 0.5) is 5.82 Å². The van der Waals surface area contributed by atoms with E-state index in [0.717, 1.165) is 50.0 Å². The predicted octanol–water partition coefficient (Wildman–Crippen LogP) is 2.21. The summed E-state index contributed by atoms with van der Waals surface area (Å²) in [6.45, 7) is 8.45. The van der Waals surface area contributed by atoms with Crippen LogP contribution in [0.15, 0.2) is 28.0 Å². The molecule has 1 N–H and O–H groups in total. The number of anilines is 1. The minimum Gasteiger partial charge on any atom is -0.481 e. The van der Waals surface area contributed by atoms with Gasteiger partial charge in [-0.05, 0) is 37.6 Å². The molecule has 4 heterocycles. The zero-order valence-electron chi connectivity index (χ0n) is 19.2. The number of thiocarbonyl (C=S) groups is 1. The van der Waals surface area contributed by atoms with Gasteiger partial charge in [0.25, 0.3) is 11.5 Å². The summed E-state index contributed by atoms with van der Waals surface area (Å²) >= 11 is 6.50. The number of aromatic nitrogens is 2. The average Bonchev–Trinajstić information content (AvgIpc) is 3.08. The lowest BCUT2D eigenvalue weighted by Crippen LogP contribution is -2.47. The fraction of sp³-hybridized carbons (Fsp3) is 0.435. The topological polar surface area (TPSA) is 98.5 Å². The zero-order chi connectivity index (χ0) is 24.4. The molecule has 0 spiro atoms. The van der Waals surface area contributed by atoms with Crippen LogP contribution >= 0.6 is 24.0 Å². The fourth-order valence-corrected chi connectivity index (χ4v) is 5.39. The summed E-state index contributed by atoms with van der Waals surface area (Å²) in [7, 11) is 0. The van der Waals surface area contributed by atoms with Crippen LogP contribution in [0, 0.1) is 6.92 Å². The SMILES string of the molecule is CCN1CCN(c2nc3ccc(C)cn3c(=O)c2C=C2SC(=S)N(CCCC(=O)O)C2=O)CC1. The third kappa shape index (κ3) is 5.01. The van der Waals surface area contributed by atoms with Crippen molar-refractivity contribution in [3.8, 4) is 0 Å². The molecule has 0 radical (unpaired) electrons. The van der Waals surface area contributed by atoms with Gasteiger partial charge in [-0.3, -0.25) is 23.7 Å². The van der Waals surface area contributed by atoms with Gasteiger partial charge in [-0.1, -0.05) is 37.0 Å². The molecule has 2 aliphatic heterocycles. The van der Waals surface area contributed by atoms with Crippen molar-refractivity contribution < 1.29 is 14.7 Å². The summed E-state index contributed by atoms with van der Waals surface area (Å²) in [4.78, 5) is 48.5. The first-order valence-corrected chi connectivity index (χ1v) is 12.5. The van der Waals surface area contributed by atoms with E-state index in [1.807, 2.05) is 19.1 Å². The van der Waals surface area contributed by atoms with Gasteiger partial charge in [-0.2, -0.15) is 0 Å². The molecule has 34 heavy (non-hydrogen) atoms. The molecule has 0 unspecified atom stereocenters. The van der Waals surface area contributed by atoms with E-state index >= 15 is 0 Å². The molecule has 0 aliphatic carbocycles. The summed E-state index contributed by atoms with van der Waals surface area (Å²) in [5.74, 6) is -0.657. The van der Waals surface area contributed by atoms with E-state index in [9.17, 15) is 14.4 Å². The van der Waals surface area contributed by atoms with Gasteiger partial charge >= 0.3 is 5.97 Å². The Balaban J connectivity index is 1.73. The van der Waals surface area contributed by atoms with Crippen molar-refractivity contribution in [1.29, 1.82) is 0 Å². The monoisotopic (exact) mass is 501 g/mol. The first kappa shape index (κ1) is 24.4. The van der Waals surface area contributed by atoms with Gasteiger partial charge in [0.05, 0.1) is 10.5 Å². The van der Waals surface area contributed by atoms with E-state index in [1.54, 1.807) is 12.3 Å². The molecule has 0 saturated carbocycles. The molecule has 180 valence electrons. The largest absolute Gasteiger partial charge is 0.481 e. The van der Waals surface area contributed by atoms with Crippen molar-refractivity contribution in [2.45, 2.75) is 26.7 Å². The Bertz CT molecular complexity index is 1230. The van der Waals surface area contributed by atoms with Crippen LogP contribution in [-0.2, 0) is 9.59 Å². The number of amides is 1. The number of nitrogens with zero attached hydrogens (tertiary/aromatic N) is 5. The number of carbonyl (C=O) groups excluding carboxylic acids is 1. The number of thioether (sulfide) groups is 1. The predicted molar refractivity (Wildman–Crippen MR) is 137 cm³/mol. The number of pyridine rings is 1. The van der Waals surface area contributed by atoms with Gasteiger partial charge in [-0.25, -0.2) is 4.98 Å². The standard InChI is InChI=1S/C23H27N5O4S2/c1-3-25-9-11-26(12-10-25)20-16(21(31)28-14-15(2)6-7-18(28)24-20)13-17-22(32)27(23(33)34-17)8-4-5-19(29)30/h6-7,13-14H,3-5,8-12H2,1-2H3,(H,29,30). The van der Waals surface area contributed by atoms with Gasteiger partial charge in [0.2, 0.25) is 0 Å². The van der Waals surface area contributed by atoms with Crippen LogP contribution in [0.2, 0.25) is 0 Å². The number of rotatable bonds is 7. The van der Waals surface area contributed by atoms with Crippen molar-refractivity contribution >= 4 is 57.7 Å². The highest BCUT2D eigenvalue weighted by atomic mass is 32.2. The Morgan fingerprint density at radius 3 is 2.65 bits per heavy atom. The van der Waals surface area contributed by atoms with Gasteiger partial charge in [-0.15, -0.1) is 0 Å². The highest BCUT2D eigenvalue weighted by Gasteiger charge is 2.33. The smallest absolute Gasteiger partial charge is 0.303 e. The maximum Gasteiger partial charge on any atom is 0.303 e. The number of piperazine rings is 1. The lowest BCUT2D eigenvalue weighted by molar-refractivity contribution is -0.137. The van der Waals surface area contributed by atoms with Crippen molar-refractivity contribution in [2.75, 3.05) is 44.2 Å². The van der Waals surface area contributed by atoms with Crippen LogP contribution in [0.25, 0.3) is 11.7 Å². The molecule has 2 aromatic rings. The van der Waals surface area contributed by atoms with Gasteiger partial charge in [0.15, 0.2) is 0 Å². The molecule has 1 amide bonds. The van der Waals surface area contributed by atoms with Gasteiger partial charge in [0.1, 0.15) is 15.8 Å². The quantitative estimate of drug-likeness (QED) is 0.452. The second-order valence-electron chi connectivity index (χ2n) is 8.34. The Morgan fingerprint density at radius 2 is 1.97 bits per heavy atom. The molecule has 2 aromatic heterocycles. The highest BCUT2D eigenvalue weighted by molar-refractivity contribution is 8.26. The van der Waals surface area contributed by atoms with Crippen LogP contribution < -0.4 is 10.5 Å². The van der Waals surface area contributed by atoms with Crippen LogP contribution in [-0.4, -0.2) is 79.8 Å². The fourth-order valence-electron chi connectivity index (χ4n) is 4.10. The summed E-state index contributed by atoms with van der Waals surface area (Å²) in [6.07, 6.45) is 3.61. The lowest BCUT2D eigenvalue weighted by Gasteiger charge is -2.35. The van der Waals surface area contributed by atoms with E-state index in [0.29, 0.717) is 32.7 Å². The first-order valence-electron chi connectivity index (χ1n) is 11.3. The zero-order valence-corrected chi connectivity index (χ0v) is 20.8. The number of carboxylic acid groups (broad SMARTS) is 1. The Morgan fingerprint density at radius 1 is 1.24 bits per heavy atom. The first-order chi connectivity index (χ1) is 16.3. The number of likely N-dealkylation sites (N-methyl/N-ethyl adjacent to an activating group) is 1. The molecule has 2 fully saturated rings. The van der Waals surface area contributed by atoms with Gasteiger partial charge < -0.3 is 14.9 Å².